The summed E-state index contributed by atoms with van der Waals surface area (Å²) in [5.41, 5.74) is -0.835. The molecule has 0 spiro atoms. The highest BCUT2D eigenvalue weighted by Gasteiger charge is 2.23. The maximum Gasteiger partial charge on any atom is 0.0996 e. The fraction of sp³-hybridized carbons (Fsp3) is 1.00. The number of rotatable bonds is 2. The van der Waals surface area contributed by atoms with E-state index in [-0.39, 0.29) is 6.04 Å². The first-order valence-corrected chi connectivity index (χ1v) is 4.09. The summed E-state index contributed by atoms with van der Waals surface area (Å²) in [7, 11) is 0. The van der Waals surface area contributed by atoms with Crippen molar-refractivity contribution < 1.29 is 9.84 Å². The third-order valence-electron chi connectivity index (χ3n) is 1.74. The van der Waals surface area contributed by atoms with Crippen LogP contribution >= 0.6 is 0 Å². The molecular weight excluding hydrogens is 142 g/mol. The van der Waals surface area contributed by atoms with Crippen LogP contribution in [-0.2, 0) is 9.84 Å². The molecule has 65 valence electrons. The SMILES string of the molecule is CC(C)([O])CC1COCCN1. The second-order valence-corrected chi connectivity index (χ2v) is 3.69. The van der Waals surface area contributed by atoms with Crippen molar-refractivity contribution in [3.05, 3.63) is 0 Å². The summed E-state index contributed by atoms with van der Waals surface area (Å²) in [6.07, 6.45) is 0.646. The van der Waals surface area contributed by atoms with E-state index in [1.807, 2.05) is 0 Å². The molecule has 1 N–H and O–H groups in total. The van der Waals surface area contributed by atoms with Crippen LogP contribution < -0.4 is 5.32 Å². The molecule has 1 aliphatic rings. The van der Waals surface area contributed by atoms with Gasteiger partial charge < -0.3 is 10.1 Å². The molecule has 1 atom stereocenters. The van der Waals surface area contributed by atoms with Gasteiger partial charge in [-0.25, -0.2) is 5.11 Å². The van der Waals surface area contributed by atoms with Crippen molar-refractivity contribution in [3.63, 3.8) is 0 Å². The summed E-state index contributed by atoms with van der Waals surface area (Å²) < 4.78 is 5.23. The third kappa shape index (κ3) is 3.70. The lowest BCUT2D eigenvalue weighted by atomic mass is 9.99. The van der Waals surface area contributed by atoms with Gasteiger partial charge in [0.1, 0.15) is 0 Å². The zero-order valence-electron chi connectivity index (χ0n) is 7.22. The molecule has 0 aromatic heterocycles. The molecule has 1 rings (SSSR count). The second-order valence-electron chi connectivity index (χ2n) is 3.69. The lowest BCUT2D eigenvalue weighted by Crippen LogP contribution is -2.44. The highest BCUT2D eigenvalue weighted by molar-refractivity contribution is 4.78. The van der Waals surface area contributed by atoms with E-state index in [0.717, 1.165) is 13.2 Å². The molecule has 3 heteroatoms. The Labute approximate surface area is 67.7 Å². The zero-order valence-corrected chi connectivity index (χ0v) is 7.22. The van der Waals surface area contributed by atoms with Crippen molar-refractivity contribution in [2.24, 2.45) is 0 Å². The van der Waals surface area contributed by atoms with Crippen molar-refractivity contribution >= 4 is 0 Å². The average Bonchev–Trinajstić information content (AvgIpc) is 1.85. The van der Waals surface area contributed by atoms with E-state index in [0.29, 0.717) is 13.0 Å². The maximum absolute atomic E-state index is 11.3. The first-order valence-electron chi connectivity index (χ1n) is 4.09. The van der Waals surface area contributed by atoms with Gasteiger partial charge in [-0.1, -0.05) is 0 Å². The summed E-state index contributed by atoms with van der Waals surface area (Å²) in [6.45, 7) is 5.76. The Hall–Kier alpha value is -0.120. The summed E-state index contributed by atoms with van der Waals surface area (Å²) in [4.78, 5) is 0. The minimum Gasteiger partial charge on any atom is -0.379 e. The van der Waals surface area contributed by atoms with Gasteiger partial charge in [0.25, 0.3) is 0 Å². The van der Waals surface area contributed by atoms with Crippen molar-refractivity contribution in [2.75, 3.05) is 19.8 Å². The largest absolute Gasteiger partial charge is 0.379 e. The van der Waals surface area contributed by atoms with Crippen molar-refractivity contribution in [3.8, 4) is 0 Å². The van der Waals surface area contributed by atoms with Gasteiger partial charge in [0, 0.05) is 12.6 Å². The quantitative estimate of drug-likeness (QED) is 0.638. The van der Waals surface area contributed by atoms with Crippen molar-refractivity contribution in [1.29, 1.82) is 0 Å². The molecule has 0 aromatic carbocycles. The Kier molecular flexibility index (Phi) is 2.87. The first-order chi connectivity index (χ1) is 5.08. The lowest BCUT2D eigenvalue weighted by molar-refractivity contribution is -0.0290. The fourth-order valence-electron chi connectivity index (χ4n) is 1.34. The molecule has 0 saturated carbocycles. The molecule has 3 nitrogen and oxygen atoms in total. The smallest absolute Gasteiger partial charge is 0.0996 e. The topological polar surface area (TPSA) is 41.2 Å². The van der Waals surface area contributed by atoms with E-state index in [2.05, 4.69) is 5.32 Å². The Bertz CT molecular complexity index is 114. The molecule has 0 amide bonds. The normalized spacial score (nSPS) is 27.0. The molecular formula is C8H16NO2. The van der Waals surface area contributed by atoms with Crippen LogP contribution in [0.4, 0.5) is 0 Å². The van der Waals surface area contributed by atoms with Crippen LogP contribution in [0.1, 0.15) is 20.3 Å². The molecule has 1 aliphatic heterocycles. The van der Waals surface area contributed by atoms with E-state index in [1.165, 1.54) is 0 Å². The molecule has 0 aromatic rings. The van der Waals surface area contributed by atoms with E-state index in [1.54, 1.807) is 13.8 Å². The second kappa shape index (κ2) is 3.52. The molecule has 11 heavy (non-hydrogen) atoms. The van der Waals surface area contributed by atoms with Crippen LogP contribution in [0, 0.1) is 0 Å². The Morgan fingerprint density at radius 2 is 2.36 bits per heavy atom. The molecule has 0 aliphatic carbocycles. The molecule has 1 fully saturated rings. The number of nitrogens with one attached hydrogen (secondary N) is 1. The Balaban J connectivity index is 2.24. The van der Waals surface area contributed by atoms with Gasteiger partial charge in [0.05, 0.1) is 18.8 Å². The molecule has 1 saturated heterocycles. The van der Waals surface area contributed by atoms with Crippen molar-refractivity contribution in [1.82, 2.24) is 5.32 Å². The van der Waals surface area contributed by atoms with E-state index in [4.69, 9.17) is 4.74 Å². The van der Waals surface area contributed by atoms with E-state index < -0.39 is 5.60 Å². The summed E-state index contributed by atoms with van der Waals surface area (Å²) in [5, 5.41) is 14.5. The lowest BCUT2D eigenvalue weighted by Gasteiger charge is -2.27. The van der Waals surface area contributed by atoms with Gasteiger partial charge >= 0.3 is 0 Å². The standard InChI is InChI=1S/C8H16NO2/c1-8(2,10)5-7-6-11-4-3-9-7/h7,9H,3-6H2,1-2H3. The number of hydrogen-bond donors (Lipinski definition) is 1. The van der Waals surface area contributed by atoms with Gasteiger partial charge in [-0.15, -0.1) is 0 Å². The third-order valence-corrected chi connectivity index (χ3v) is 1.74. The monoisotopic (exact) mass is 158 g/mol. The molecule has 1 radical (unpaired) electrons. The molecule has 0 bridgehead atoms. The highest BCUT2D eigenvalue weighted by Crippen LogP contribution is 2.12. The van der Waals surface area contributed by atoms with Crippen molar-refractivity contribution in [2.45, 2.75) is 31.9 Å². The Morgan fingerprint density at radius 3 is 2.82 bits per heavy atom. The average molecular weight is 158 g/mol. The van der Waals surface area contributed by atoms with Crippen LogP contribution in [0.2, 0.25) is 0 Å². The minimum absolute atomic E-state index is 0.260. The molecule has 1 heterocycles. The summed E-state index contributed by atoms with van der Waals surface area (Å²) >= 11 is 0. The molecule has 1 unspecified atom stereocenters. The van der Waals surface area contributed by atoms with Gasteiger partial charge in [-0.3, -0.25) is 0 Å². The van der Waals surface area contributed by atoms with Crippen LogP contribution in [0.5, 0.6) is 0 Å². The van der Waals surface area contributed by atoms with E-state index >= 15 is 0 Å². The summed E-state index contributed by atoms with van der Waals surface area (Å²) in [6, 6.07) is 0.260. The first kappa shape index (κ1) is 8.97. The summed E-state index contributed by atoms with van der Waals surface area (Å²) in [5.74, 6) is 0. The number of morpholine rings is 1. The van der Waals surface area contributed by atoms with Crippen LogP contribution in [0.15, 0.2) is 0 Å². The number of hydrogen-bond acceptors (Lipinski definition) is 2. The van der Waals surface area contributed by atoms with Gasteiger partial charge in [-0.2, -0.15) is 0 Å². The van der Waals surface area contributed by atoms with Crippen LogP contribution in [0.25, 0.3) is 0 Å². The number of ether oxygens (including phenoxy) is 1. The zero-order chi connectivity index (χ0) is 8.32. The fourth-order valence-corrected chi connectivity index (χ4v) is 1.34. The van der Waals surface area contributed by atoms with Crippen LogP contribution in [-0.4, -0.2) is 31.4 Å². The van der Waals surface area contributed by atoms with Crippen LogP contribution in [0.3, 0.4) is 0 Å². The van der Waals surface area contributed by atoms with Gasteiger partial charge in [0.15, 0.2) is 0 Å². The van der Waals surface area contributed by atoms with E-state index in [9.17, 15) is 5.11 Å². The Morgan fingerprint density at radius 1 is 1.64 bits per heavy atom. The van der Waals surface area contributed by atoms with Gasteiger partial charge in [-0.05, 0) is 20.3 Å². The maximum atomic E-state index is 11.3. The van der Waals surface area contributed by atoms with Gasteiger partial charge in [0.2, 0.25) is 0 Å². The highest BCUT2D eigenvalue weighted by atomic mass is 16.5. The predicted octanol–water partition coefficient (Wildman–Crippen LogP) is 0.574. The minimum atomic E-state index is -0.835. The predicted molar refractivity (Wildman–Crippen MR) is 42.0 cm³/mol.